The van der Waals surface area contributed by atoms with E-state index in [0.29, 0.717) is 42.8 Å². The normalized spacial score (nSPS) is 12.2. The highest BCUT2D eigenvalue weighted by atomic mass is 16.6. The molecule has 0 saturated carbocycles. The lowest BCUT2D eigenvalue weighted by Gasteiger charge is -2.18. The van der Waals surface area contributed by atoms with E-state index in [0.717, 1.165) is 11.3 Å². The molecule has 1 aliphatic rings. The van der Waals surface area contributed by atoms with Gasteiger partial charge in [0.25, 0.3) is 5.91 Å². The molecule has 8 nitrogen and oxygen atoms in total. The van der Waals surface area contributed by atoms with Crippen LogP contribution in [0.1, 0.15) is 16.1 Å². The van der Waals surface area contributed by atoms with E-state index in [1.54, 1.807) is 25.3 Å². The lowest BCUT2D eigenvalue weighted by molar-refractivity contribution is 0.102. The van der Waals surface area contributed by atoms with E-state index in [1.807, 2.05) is 24.3 Å². The number of rotatable bonds is 6. The predicted molar refractivity (Wildman–Crippen MR) is 108 cm³/mol. The highest BCUT2D eigenvalue weighted by Crippen LogP contribution is 2.32. The third kappa shape index (κ3) is 4.55. The number of amides is 1. The van der Waals surface area contributed by atoms with Crippen molar-refractivity contribution in [2.75, 3.05) is 31.0 Å². The van der Waals surface area contributed by atoms with Crippen LogP contribution in [0.25, 0.3) is 0 Å². The van der Waals surface area contributed by atoms with Crippen LogP contribution in [-0.2, 0) is 6.54 Å². The molecule has 148 valence electrons. The van der Waals surface area contributed by atoms with Gasteiger partial charge in [0.15, 0.2) is 11.5 Å². The number of nitrogens with one attached hydrogen (secondary N) is 2. The van der Waals surface area contributed by atoms with Crippen molar-refractivity contribution in [3.8, 4) is 17.2 Å². The molecule has 0 radical (unpaired) electrons. The summed E-state index contributed by atoms with van der Waals surface area (Å²) in [6.45, 7) is 1.59. The maximum Gasteiger partial charge on any atom is 0.275 e. The Morgan fingerprint density at radius 3 is 2.55 bits per heavy atom. The standard InChI is InChI=1S/C21H20N4O4/c1-27-16-5-2-14(3-6-16)11-23-20-13-22-17(12-24-20)21(26)25-15-4-7-18-19(10-15)29-9-8-28-18/h2-7,10,12-13H,8-9,11H2,1H3,(H,23,24)(H,25,26). The van der Waals surface area contributed by atoms with Crippen molar-refractivity contribution in [1.29, 1.82) is 0 Å². The van der Waals surface area contributed by atoms with E-state index in [9.17, 15) is 4.79 Å². The topological polar surface area (TPSA) is 94.6 Å². The number of anilines is 2. The maximum atomic E-state index is 12.4. The van der Waals surface area contributed by atoms with Crippen molar-refractivity contribution in [2.45, 2.75) is 6.54 Å². The Morgan fingerprint density at radius 2 is 1.83 bits per heavy atom. The smallest absolute Gasteiger partial charge is 0.275 e. The van der Waals surface area contributed by atoms with Gasteiger partial charge < -0.3 is 24.8 Å². The van der Waals surface area contributed by atoms with Crippen molar-refractivity contribution in [3.63, 3.8) is 0 Å². The minimum atomic E-state index is -0.351. The molecule has 1 amide bonds. The zero-order chi connectivity index (χ0) is 20.1. The van der Waals surface area contributed by atoms with Crippen molar-refractivity contribution < 1.29 is 19.0 Å². The van der Waals surface area contributed by atoms with Crippen LogP contribution in [0.15, 0.2) is 54.9 Å². The lowest BCUT2D eigenvalue weighted by atomic mass is 10.2. The van der Waals surface area contributed by atoms with E-state index in [2.05, 4.69) is 20.6 Å². The number of aromatic nitrogens is 2. The summed E-state index contributed by atoms with van der Waals surface area (Å²) in [6.07, 6.45) is 2.96. The molecular weight excluding hydrogens is 372 g/mol. The van der Waals surface area contributed by atoms with E-state index >= 15 is 0 Å². The third-order valence-electron chi connectivity index (χ3n) is 4.32. The fourth-order valence-corrected chi connectivity index (χ4v) is 2.79. The molecule has 29 heavy (non-hydrogen) atoms. The molecule has 2 N–H and O–H groups in total. The minimum Gasteiger partial charge on any atom is -0.497 e. The molecule has 0 fully saturated rings. The van der Waals surface area contributed by atoms with Gasteiger partial charge in [-0.1, -0.05) is 12.1 Å². The van der Waals surface area contributed by atoms with Gasteiger partial charge in [0.05, 0.1) is 19.5 Å². The molecule has 0 saturated heterocycles. The molecule has 3 aromatic rings. The molecular formula is C21H20N4O4. The molecule has 0 spiro atoms. The molecule has 4 rings (SSSR count). The van der Waals surface area contributed by atoms with Gasteiger partial charge in [0, 0.05) is 18.3 Å². The fourth-order valence-electron chi connectivity index (χ4n) is 2.79. The van der Waals surface area contributed by atoms with Crippen molar-refractivity contribution in [3.05, 3.63) is 66.1 Å². The highest BCUT2D eigenvalue weighted by molar-refractivity contribution is 6.02. The number of nitrogens with zero attached hydrogens (tertiary/aromatic N) is 2. The van der Waals surface area contributed by atoms with Crippen LogP contribution in [0.5, 0.6) is 17.2 Å². The Labute approximate surface area is 167 Å². The van der Waals surface area contributed by atoms with E-state index < -0.39 is 0 Å². The largest absolute Gasteiger partial charge is 0.497 e. The molecule has 2 aromatic carbocycles. The molecule has 1 aliphatic heterocycles. The first-order valence-electron chi connectivity index (χ1n) is 9.11. The molecule has 2 heterocycles. The first-order valence-corrected chi connectivity index (χ1v) is 9.11. The summed E-state index contributed by atoms with van der Waals surface area (Å²) in [4.78, 5) is 20.9. The monoisotopic (exact) mass is 392 g/mol. The number of methoxy groups -OCH3 is 1. The summed E-state index contributed by atoms with van der Waals surface area (Å²) in [6, 6.07) is 13.0. The first kappa shape index (κ1) is 18.5. The average molecular weight is 392 g/mol. The van der Waals surface area contributed by atoms with Crippen LogP contribution >= 0.6 is 0 Å². The Balaban J connectivity index is 1.35. The van der Waals surface area contributed by atoms with Crippen LogP contribution < -0.4 is 24.8 Å². The fraction of sp³-hybridized carbons (Fsp3) is 0.190. The van der Waals surface area contributed by atoms with E-state index in [4.69, 9.17) is 14.2 Å². The van der Waals surface area contributed by atoms with Crippen LogP contribution in [0.4, 0.5) is 11.5 Å². The zero-order valence-corrected chi connectivity index (χ0v) is 15.8. The number of hydrogen-bond acceptors (Lipinski definition) is 7. The van der Waals surface area contributed by atoms with Crippen LogP contribution in [0.2, 0.25) is 0 Å². The van der Waals surface area contributed by atoms with Gasteiger partial charge in [-0.05, 0) is 29.8 Å². The molecule has 1 aromatic heterocycles. The maximum absolute atomic E-state index is 12.4. The van der Waals surface area contributed by atoms with E-state index in [-0.39, 0.29) is 11.6 Å². The number of carbonyl (C=O) groups is 1. The van der Waals surface area contributed by atoms with Crippen LogP contribution in [0.3, 0.4) is 0 Å². The predicted octanol–water partition coefficient (Wildman–Crippen LogP) is 3.12. The quantitative estimate of drug-likeness (QED) is 0.665. The zero-order valence-electron chi connectivity index (χ0n) is 15.8. The molecule has 8 heteroatoms. The minimum absolute atomic E-state index is 0.217. The van der Waals surface area contributed by atoms with Crippen LogP contribution in [0, 0.1) is 0 Å². The van der Waals surface area contributed by atoms with Gasteiger partial charge >= 0.3 is 0 Å². The van der Waals surface area contributed by atoms with Crippen molar-refractivity contribution >= 4 is 17.4 Å². The molecule has 0 bridgehead atoms. The van der Waals surface area contributed by atoms with Crippen molar-refractivity contribution in [1.82, 2.24) is 9.97 Å². The highest BCUT2D eigenvalue weighted by Gasteiger charge is 2.14. The molecule has 0 unspecified atom stereocenters. The molecule has 0 atom stereocenters. The second kappa shape index (κ2) is 8.47. The SMILES string of the molecule is COc1ccc(CNc2cnc(C(=O)Nc3ccc4c(c3)OCCO4)cn2)cc1. The second-order valence-electron chi connectivity index (χ2n) is 6.30. The summed E-state index contributed by atoms with van der Waals surface area (Å²) in [7, 11) is 1.63. The van der Waals surface area contributed by atoms with Gasteiger partial charge in [-0.25, -0.2) is 9.97 Å². The summed E-state index contributed by atoms with van der Waals surface area (Å²) < 4.78 is 16.1. The summed E-state index contributed by atoms with van der Waals surface area (Å²) >= 11 is 0. The van der Waals surface area contributed by atoms with E-state index in [1.165, 1.54) is 12.4 Å². The van der Waals surface area contributed by atoms with Gasteiger partial charge in [-0.15, -0.1) is 0 Å². The number of ether oxygens (including phenoxy) is 3. The second-order valence-corrected chi connectivity index (χ2v) is 6.30. The average Bonchev–Trinajstić information content (AvgIpc) is 2.78. The number of hydrogen-bond donors (Lipinski definition) is 2. The summed E-state index contributed by atoms with van der Waals surface area (Å²) in [5.41, 5.74) is 1.89. The first-order chi connectivity index (χ1) is 14.2. The number of fused-ring (bicyclic) bond motifs is 1. The summed E-state index contributed by atoms with van der Waals surface area (Å²) in [5, 5.41) is 5.96. The van der Waals surface area contributed by atoms with Gasteiger partial charge in [-0.2, -0.15) is 0 Å². The van der Waals surface area contributed by atoms with Crippen LogP contribution in [-0.4, -0.2) is 36.2 Å². The van der Waals surface area contributed by atoms with Gasteiger partial charge in [0.1, 0.15) is 30.5 Å². The number of carbonyl (C=O) groups excluding carboxylic acids is 1. The lowest BCUT2D eigenvalue weighted by Crippen LogP contribution is -2.17. The Kier molecular flexibility index (Phi) is 5.42. The molecule has 0 aliphatic carbocycles. The number of benzene rings is 2. The Bertz CT molecular complexity index is 991. The van der Waals surface area contributed by atoms with Gasteiger partial charge in [-0.3, -0.25) is 4.79 Å². The Morgan fingerprint density at radius 1 is 1.03 bits per heavy atom. The Hall–Kier alpha value is -3.81. The third-order valence-corrected chi connectivity index (χ3v) is 4.32. The van der Waals surface area contributed by atoms with Crippen molar-refractivity contribution in [2.24, 2.45) is 0 Å². The van der Waals surface area contributed by atoms with Gasteiger partial charge in [0.2, 0.25) is 0 Å². The summed E-state index contributed by atoms with van der Waals surface area (Å²) in [5.74, 6) is 2.31.